The second kappa shape index (κ2) is 8.52. The number of anilines is 2. The Morgan fingerprint density at radius 1 is 1.12 bits per heavy atom. The minimum atomic E-state index is -0.282. The molecule has 1 aromatic carbocycles. The molecule has 0 radical (unpaired) electrons. The number of methoxy groups -OCH3 is 1. The molecule has 0 spiro atoms. The van der Waals surface area contributed by atoms with Crippen molar-refractivity contribution in [3.8, 4) is 11.6 Å². The number of nitrogens with zero attached hydrogens (tertiary/aromatic N) is 3. The van der Waals surface area contributed by atoms with Crippen molar-refractivity contribution in [1.29, 1.82) is 0 Å². The van der Waals surface area contributed by atoms with E-state index in [4.69, 9.17) is 4.74 Å². The maximum Gasteiger partial charge on any atom is 0.319 e. The molecule has 26 heavy (non-hydrogen) atoms. The quantitative estimate of drug-likeness (QED) is 0.568. The first-order chi connectivity index (χ1) is 12.7. The van der Waals surface area contributed by atoms with Crippen LogP contribution in [0.5, 0.6) is 5.75 Å². The molecule has 0 unspecified atom stereocenters. The SMILES string of the molecule is COc1cccc(NC(=O)NCCNc2cc(-n3cccc3)ncn2)c1. The summed E-state index contributed by atoms with van der Waals surface area (Å²) in [7, 11) is 1.58. The first-order valence-corrected chi connectivity index (χ1v) is 8.13. The summed E-state index contributed by atoms with van der Waals surface area (Å²) < 4.78 is 7.02. The summed E-state index contributed by atoms with van der Waals surface area (Å²) in [6, 6.07) is 12.6. The van der Waals surface area contributed by atoms with E-state index in [0.29, 0.717) is 30.3 Å². The van der Waals surface area contributed by atoms with Crippen molar-refractivity contribution in [2.75, 3.05) is 30.8 Å². The van der Waals surface area contributed by atoms with Crippen LogP contribution in [0.4, 0.5) is 16.3 Å². The second-order valence-corrected chi connectivity index (χ2v) is 5.39. The minimum absolute atomic E-state index is 0.282. The van der Waals surface area contributed by atoms with E-state index >= 15 is 0 Å². The third-order valence-corrected chi connectivity index (χ3v) is 3.57. The third-order valence-electron chi connectivity index (χ3n) is 3.57. The van der Waals surface area contributed by atoms with Crippen LogP contribution < -0.4 is 20.7 Å². The summed E-state index contributed by atoms with van der Waals surface area (Å²) in [5.74, 6) is 2.15. The van der Waals surface area contributed by atoms with E-state index in [-0.39, 0.29) is 6.03 Å². The number of hydrogen-bond acceptors (Lipinski definition) is 5. The molecule has 2 aromatic heterocycles. The zero-order chi connectivity index (χ0) is 18.2. The normalized spacial score (nSPS) is 10.2. The molecule has 0 aliphatic carbocycles. The number of urea groups is 1. The third kappa shape index (κ3) is 4.73. The molecular formula is C18H20N6O2. The molecule has 0 bridgehead atoms. The zero-order valence-electron chi connectivity index (χ0n) is 14.3. The van der Waals surface area contributed by atoms with Gasteiger partial charge in [0.05, 0.1) is 7.11 Å². The first kappa shape index (κ1) is 17.3. The second-order valence-electron chi connectivity index (χ2n) is 5.39. The first-order valence-electron chi connectivity index (χ1n) is 8.13. The van der Waals surface area contributed by atoms with Gasteiger partial charge in [0.15, 0.2) is 0 Å². The largest absolute Gasteiger partial charge is 0.497 e. The highest BCUT2D eigenvalue weighted by Crippen LogP contribution is 2.16. The van der Waals surface area contributed by atoms with Crippen molar-refractivity contribution in [1.82, 2.24) is 19.9 Å². The molecule has 0 aliphatic heterocycles. The van der Waals surface area contributed by atoms with Crippen LogP contribution in [0.1, 0.15) is 0 Å². The van der Waals surface area contributed by atoms with E-state index < -0.39 is 0 Å². The van der Waals surface area contributed by atoms with Crippen LogP contribution in [0, 0.1) is 0 Å². The molecule has 0 fully saturated rings. The van der Waals surface area contributed by atoms with Crippen LogP contribution in [0.2, 0.25) is 0 Å². The van der Waals surface area contributed by atoms with Gasteiger partial charge < -0.3 is 25.3 Å². The van der Waals surface area contributed by atoms with Gasteiger partial charge in [-0.1, -0.05) is 6.07 Å². The van der Waals surface area contributed by atoms with Gasteiger partial charge in [0.25, 0.3) is 0 Å². The van der Waals surface area contributed by atoms with E-state index in [1.807, 2.05) is 47.3 Å². The van der Waals surface area contributed by atoms with E-state index in [0.717, 1.165) is 5.82 Å². The van der Waals surface area contributed by atoms with Crippen LogP contribution in [-0.2, 0) is 0 Å². The lowest BCUT2D eigenvalue weighted by Crippen LogP contribution is -2.32. The highest BCUT2D eigenvalue weighted by molar-refractivity contribution is 5.89. The summed E-state index contributed by atoms with van der Waals surface area (Å²) in [5.41, 5.74) is 0.668. The molecule has 3 rings (SSSR count). The predicted molar refractivity (Wildman–Crippen MR) is 99.9 cm³/mol. The monoisotopic (exact) mass is 352 g/mol. The summed E-state index contributed by atoms with van der Waals surface area (Å²) in [4.78, 5) is 20.3. The van der Waals surface area contributed by atoms with Crippen LogP contribution >= 0.6 is 0 Å². The van der Waals surface area contributed by atoms with Crippen LogP contribution in [0.15, 0.2) is 61.2 Å². The maximum absolute atomic E-state index is 11.9. The van der Waals surface area contributed by atoms with Crippen molar-refractivity contribution in [3.05, 3.63) is 61.2 Å². The van der Waals surface area contributed by atoms with Crippen LogP contribution in [-0.4, -0.2) is 40.8 Å². The van der Waals surface area contributed by atoms with Crippen molar-refractivity contribution in [2.45, 2.75) is 0 Å². The lowest BCUT2D eigenvalue weighted by molar-refractivity contribution is 0.252. The molecule has 3 aromatic rings. The predicted octanol–water partition coefficient (Wildman–Crippen LogP) is 2.51. The molecule has 0 saturated heterocycles. The van der Waals surface area contributed by atoms with Gasteiger partial charge in [0, 0.05) is 43.3 Å². The summed E-state index contributed by atoms with van der Waals surface area (Å²) in [6.45, 7) is 0.978. The number of hydrogen-bond donors (Lipinski definition) is 3. The van der Waals surface area contributed by atoms with E-state index in [1.54, 1.807) is 19.2 Å². The molecule has 0 atom stereocenters. The van der Waals surface area contributed by atoms with Crippen molar-refractivity contribution < 1.29 is 9.53 Å². The Labute approximate surface area is 151 Å². The average molecular weight is 352 g/mol. The summed E-state index contributed by atoms with van der Waals surface area (Å²) >= 11 is 0. The Morgan fingerprint density at radius 3 is 2.77 bits per heavy atom. The Morgan fingerprint density at radius 2 is 1.96 bits per heavy atom. The number of benzene rings is 1. The molecule has 0 aliphatic rings. The number of carbonyl (C=O) groups is 1. The van der Waals surface area contributed by atoms with Crippen molar-refractivity contribution in [3.63, 3.8) is 0 Å². The fourth-order valence-electron chi connectivity index (χ4n) is 2.31. The minimum Gasteiger partial charge on any atom is -0.497 e. The zero-order valence-corrected chi connectivity index (χ0v) is 14.3. The summed E-state index contributed by atoms with van der Waals surface area (Å²) in [6.07, 6.45) is 5.33. The molecule has 2 heterocycles. The fourth-order valence-corrected chi connectivity index (χ4v) is 2.31. The van der Waals surface area contributed by atoms with Gasteiger partial charge in [-0.3, -0.25) is 0 Å². The highest BCUT2D eigenvalue weighted by Gasteiger charge is 2.03. The van der Waals surface area contributed by atoms with Crippen molar-refractivity contribution in [2.24, 2.45) is 0 Å². The van der Waals surface area contributed by atoms with Gasteiger partial charge in [0.2, 0.25) is 0 Å². The number of nitrogens with one attached hydrogen (secondary N) is 3. The van der Waals surface area contributed by atoms with Crippen LogP contribution in [0.25, 0.3) is 5.82 Å². The molecule has 2 amide bonds. The number of rotatable bonds is 7. The van der Waals surface area contributed by atoms with E-state index in [9.17, 15) is 4.79 Å². The summed E-state index contributed by atoms with van der Waals surface area (Å²) in [5, 5.41) is 8.69. The molecule has 134 valence electrons. The molecule has 3 N–H and O–H groups in total. The van der Waals surface area contributed by atoms with E-state index in [1.165, 1.54) is 6.33 Å². The van der Waals surface area contributed by atoms with Gasteiger partial charge in [0.1, 0.15) is 23.7 Å². The average Bonchev–Trinajstić information content (AvgIpc) is 3.20. The number of amides is 2. The van der Waals surface area contributed by atoms with Crippen molar-refractivity contribution >= 4 is 17.5 Å². The Balaban J connectivity index is 1.44. The lowest BCUT2D eigenvalue weighted by atomic mass is 10.3. The molecular weight excluding hydrogens is 332 g/mol. The lowest BCUT2D eigenvalue weighted by Gasteiger charge is -2.10. The van der Waals surface area contributed by atoms with E-state index in [2.05, 4.69) is 25.9 Å². The molecule has 8 nitrogen and oxygen atoms in total. The Kier molecular flexibility index (Phi) is 5.66. The molecule has 8 heteroatoms. The number of ether oxygens (including phenoxy) is 1. The topological polar surface area (TPSA) is 93.1 Å². The van der Waals surface area contributed by atoms with Gasteiger partial charge in [-0.25, -0.2) is 14.8 Å². The maximum atomic E-state index is 11.9. The highest BCUT2D eigenvalue weighted by atomic mass is 16.5. The Hall–Kier alpha value is -3.55. The number of carbonyl (C=O) groups excluding carboxylic acids is 1. The van der Waals surface area contributed by atoms with Gasteiger partial charge in [-0.2, -0.15) is 0 Å². The fraction of sp³-hybridized carbons (Fsp3) is 0.167. The molecule has 0 saturated carbocycles. The number of aromatic nitrogens is 3. The van der Waals surface area contributed by atoms with Gasteiger partial charge >= 0.3 is 6.03 Å². The van der Waals surface area contributed by atoms with Crippen LogP contribution in [0.3, 0.4) is 0 Å². The Bertz CT molecular complexity index is 850. The van der Waals surface area contributed by atoms with Gasteiger partial charge in [-0.05, 0) is 24.3 Å². The standard InChI is InChI=1S/C18H20N6O2/c1-26-15-6-4-5-14(11-15)23-18(25)20-8-7-19-16-12-17(22-13-21-16)24-9-2-3-10-24/h2-6,9-13H,7-8H2,1H3,(H,19,21,22)(H2,20,23,25). The smallest absolute Gasteiger partial charge is 0.319 e. The van der Waals surface area contributed by atoms with Gasteiger partial charge in [-0.15, -0.1) is 0 Å².